The van der Waals surface area contributed by atoms with Gasteiger partial charge in [0.2, 0.25) is 0 Å². The Bertz CT molecular complexity index is 278. The first-order valence-corrected chi connectivity index (χ1v) is 5.70. The van der Waals surface area contributed by atoms with Gasteiger partial charge in [-0.05, 0) is 42.7 Å². The van der Waals surface area contributed by atoms with E-state index in [-0.39, 0.29) is 0 Å². The summed E-state index contributed by atoms with van der Waals surface area (Å²) in [5.41, 5.74) is 4.29. The second-order valence-corrected chi connectivity index (χ2v) is 4.80. The van der Waals surface area contributed by atoms with E-state index in [1.165, 1.54) is 29.7 Å². The molecule has 0 amide bonds. The molecule has 0 bridgehead atoms. The Morgan fingerprint density at radius 1 is 1.62 bits per heavy atom. The van der Waals surface area contributed by atoms with Gasteiger partial charge in [0, 0.05) is 4.88 Å². The highest BCUT2D eigenvalue weighted by Gasteiger charge is 2.28. The lowest BCUT2D eigenvalue weighted by atomic mass is 9.79. The van der Waals surface area contributed by atoms with Gasteiger partial charge in [-0.3, -0.25) is 11.3 Å². The lowest BCUT2D eigenvalue weighted by Gasteiger charge is -2.32. The minimum atomic E-state index is 0.396. The third kappa shape index (κ3) is 1.77. The van der Waals surface area contributed by atoms with E-state index in [9.17, 15) is 0 Å². The van der Waals surface area contributed by atoms with Gasteiger partial charge in [0.25, 0.3) is 0 Å². The summed E-state index contributed by atoms with van der Waals surface area (Å²) < 4.78 is 0. The zero-order valence-corrected chi connectivity index (χ0v) is 8.73. The fourth-order valence-corrected chi connectivity index (χ4v) is 2.89. The molecule has 0 saturated heterocycles. The van der Waals surface area contributed by atoms with Gasteiger partial charge in [-0.25, -0.2) is 0 Å². The zero-order valence-electron chi connectivity index (χ0n) is 7.92. The van der Waals surface area contributed by atoms with Crippen LogP contribution in [-0.2, 0) is 0 Å². The van der Waals surface area contributed by atoms with Crippen LogP contribution >= 0.6 is 11.3 Å². The highest BCUT2D eigenvalue weighted by atomic mass is 32.1. The van der Waals surface area contributed by atoms with Gasteiger partial charge < -0.3 is 0 Å². The summed E-state index contributed by atoms with van der Waals surface area (Å²) in [4.78, 5) is 1.39. The third-order valence-corrected chi connectivity index (χ3v) is 3.99. The Hall–Kier alpha value is -0.380. The Balaban J connectivity index is 2.11. The molecule has 13 heavy (non-hydrogen) atoms. The van der Waals surface area contributed by atoms with Crippen LogP contribution in [0.4, 0.5) is 0 Å². The summed E-state index contributed by atoms with van der Waals surface area (Å²) in [5, 5.41) is 2.19. The maximum atomic E-state index is 5.58. The van der Waals surface area contributed by atoms with Crippen LogP contribution in [0.25, 0.3) is 0 Å². The van der Waals surface area contributed by atoms with Gasteiger partial charge in [0.05, 0.1) is 6.04 Å². The fourth-order valence-electron chi connectivity index (χ4n) is 1.84. The van der Waals surface area contributed by atoms with Crippen LogP contribution in [0.1, 0.15) is 35.7 Å². The third-order valence-electron chi connectivity index (χ3n) is 2.86. The minimum Gasteiger partial charge on any atom is -0.271 e. The fraction of sp³-hybridized carbons (Fsp3) is 0.600. The molecule has 3 heteroatoms. The standard InChI is InChI=1S/C10H16N2S/c1-7-5-9(13-6-7)10(12-11)8-3-2-4-8/h5-6,8,10,12H,2-4,11H2,1H3. The summed E-state index contributed by atoms with van der Waals surface area (Å²) in [5.74, 6) is 6.35. The van der Waals surface area contributed by atoms with E-state index in [0.29, 0.717) is 6.04 Å². The smallest absolute Gasteiger partial charge is 0.0581 e. The van der Waals surface area contributed by atoms with Crippen molar-refractivity contribution in [2.75, 3.05) is 0 Å². The van der Waals surface area contributed by atoms with Gasteiger partial charge >= 0.3 is 0 Å². The molecule has 1 aliphatic carbocycles. The van der Waals surface area contributed by atoms with E-state index < -0.39 is 0 Å². The molecule has 2 rings (SSSR count). The molecule has 1 saturated carbocycles. The van der Waals surface area contributed by atoms with E-state index in [1.54, 1.807) is 0 Å². The topological polar surface area (TPSA) is 38.0 Å². The SMILES string of the molecule is Cc1csc(C(NN)C2CCC2)c1. The first kappa shape index (κ1) is 9.19. The van der Waals surface area contributed by atoms with E-state index in [0.717, 1.165) is 5.92 Å². The number of hydrogen-bond donors (Lipinski definition) is 2. The van der Waals surface area contributed by atoms with Gasteiger partial charge in [-0.2, -0.15) is 0 Å². The molecule has 0 radical (unpaired) electrons. The Morgan fingerprint density at radius 2 is 2.38 bits per heavy atom. The summed E-state index contributed by atoms with van der Waals surface area (Å²) >= 11 is 1.82. The number of rotatable bonds is 3. The molecule has 3 N–H and O–H groups in total. The van der Waals surface area contributed by atoms with Gasteiger partial charge in [-0.15, -0.1) is 11.3 Å². The van der Waals surface area contributed by atoms with Crippen LogP contribution in [0, 0.1) is 12.8 Å². The van der Waals surface area contributed by atoms with E-state index in [4.69, 9.17) is 5.84 Å². The molecule has 0 aliphatic heterocycles. The maximum absolute atomic E-state index is 5.58. The second-order valence-electron chi connectivity index (χ2n) is 3.86. The molecule has 0 spiro atoms. The van der Waals surface area contributed by atoms with Crippen molar-refractivity contribution in [3.05, 3.63) is 21.9 Å². The van der Waals surface area contributed by atoms with Crippen LogP contribution < -0.4 is 11.3 Å². The van der Waals surface area contributed by atoms with Crippen LogP contribution in [0.3, 0.4) is 0 Å². The largest absolute Gasteiger partial charge is 0.271 e. The number of nitrogens with two attached hydrogens (primary N) is 1. The molecule has 1 fully saturated rings. The van der Waals surface area contributed by atoms with Crippen molar-refractivity contribution in [2.24, 2.45) is 11.8 Å². The summed E-state index contributed by atoms with van der Waals surface area (Å²) in [6.07, 6.45) is 4.02. The Labute approximate surface area is 83.1 Å². The van der Waals surface area contributed by atoms with Crippen LogP contribution in [0.15, 0.2) is 11.4 Å². The van der Waals surface area contributed by atoms with Gasteiger partial charge in [-0.1, -0.05) is 6.42 Å². The molecular formula is C10H16N2S. The van der Waals surface area contributed by atoms with Crippen LogP contribution in [0.2, 0.25) is 0 Å². The Morgan fingerprint density at radius 3 is 2.77 bits per heavy atom. The maximum Gasteiger partial charge on any atom is 0.0581 e. The van der Waals surface area contributed by atoms with Crippen LogP contribution in [-0.4, -0.2) is 0 Å². The van der Waals surface area contributed by atoms with E-state index >= 15 is 0 Å². The van der Waals surface area contributed by atoms with Crippen molar-refractivity contribution in [3.63, 3.8) is 0 Å². The van der Waals surface area contributed by atoms with Crippen molar-refractivity contribution in [1.82, 2.24) is 5.43 Å². The van der Waals surface area contributed by atoms with Gasteiger partial charge in [0.15, 0.2) is 0 Å². The Kier molecular flexibility index (Phi) is 2.67. The van der Waals surface area contributed by atoms with Crippen LogP contribution in [0.5, 0.6) is 0 Å². The monoisotopic (exact) mass is 196 g/mol. The van der Waals surface area contributed by atoms with Crippen molar-refractivity contribution in [2.45, 2.75) is 32.2 Å². The number of nitrogens with one attached hydrogen (secondary N) is 1. The van der Waals surface area contributed by atoms with E-state index in [1.807, 2.05) is 11.3 Å². The second kappa shape index (κ2) is 3.78. The van der Waals surface area contributed by atoms with Crippen molar-refractivity contribution in [1.29, 1.82) is 0 Å². The molecule has 1 aromatic heterocycles. The van der Waals surface area contributed by atoms with E-state index in [2.05, 4.69) is 23.8 Å². The first-order valence-electron chi connectivity index (χ1n) is 4.82. The quantitative estimate of drug-likeness (QED) is 0.575. The average Bonchev–Trinajstić information content (AvgIpc) is 2.43. The predicted octanol–water partition coefficient (Wildman–Crippen LogP) is 2.36. The lowest BCUT2D eigenvalue weighted by Crippen LogP contribution is -2.35. The predicted molar refractivity (Wildman–Crippen MR) is 56.5 cm³/mol. The molecule has 1 aromatic rings. The average molecular weight is 196 g/mol. The first-order chi connectivity index (χ1) is 6.31. The lowest BCUT2D eigenvalue weighted by molar-refractivity contribution is 0.235. The number of aryl methyl sites for hydroxylation is 1. The molecule has 2 nitrogen and oxygen atoms in total. The normalized spacial score (nSPS) is 19.8. The summed E-state index contributed by atoms with van der Waals surface area (Å²) in [6.45, 7) is 2.13. The van der Waals surface area contributed by atoms with Crippen molar-refractivity contribution < 1.29 is 0 Å². The highest BCUT2D eigenvalue weighted by Crippen LogP contribution is 2.39. The van der Waals surface area contributed by atoms with Gasteiger partial charge in [0.1, 0.15) is 0 Å². The van der Waals surface area contributed by atoms with Crippen molar-refractivity contribution in [3.8, 4) is 0 Å². The number of thiophene rings is 1. The summed E-state index contributed by atoms with van der Waals surface area (Å²) in [7, 11) is 0. The zero-order chi connectivity index (χ0) is 9.26. The molecule has 1 aliphatic rings. The molecule has 1 heterocycles. The van der Waals surface area contributed by atoms with Crippen molar-refractivity contribution >= 4 is 11.3 Å². The molecular weight excluding hydrogens is 180 g/mol. The minimum absolute atomic E-state index is 0.396. The molecule has 72 valence electrons. The molecule has 1 atom stereocenters. The molecule has 1 unspecified atom stereocenters. The number of hydrogen-bond acceptors (Lipinski definition) is 3. The highest BCUT2D eigenvalue weighted by molar-refractivity contribution is 7.10. The summed E-state index contributed by atoms with van der Waals surface area (Å²) in [6, 6.07) is 2.64. The molecule has 0 aromatic carbocycles. The number of hydrazine groups is 1.